The Morgan fingerprint density at radius 3 is 2.62 bits per heavy atom. The number of rotatable bonds is 4. The molecule has 24 heavy (non-hydrogen) atoms. The van der Waals surface area contributed by atoms with Gasteiger partial charge in [0, 0.05) is 0 Å². The molecule has 3 N–H and O–H groups in total. The van der Waals surface area contributed by atoms with E-state index in [2.05, 4.69) is 15.5 Å². The molecule has 0 fully saturated rings. The molecule has 11 heteroatoms. The van der Waals surface area contributed by atoms with Crippen LogP contribution in [-0.2, 0) is 11.0 Å². The van der Waals surface area contributed by atoms with Gasteiger partial charge >= 0.3 is 6.18 Å². The molecule has 0 bridgehead atoms. The van der Waals surface area contributed by atoms with Gasteiger partial charge in [-0.15, -0.1) is 10.2 Å². The highest BCUT2D eigenvalue weighted by atomic mass is 35.5. The van der Waals surface area contributed by atoms with Crippen molar-refractivity contribution in [1.82, 2.24) is 14.9 Å². The number of nitrogens with one attached hydrogen (secondary N) is 1. The minimum atomic E-state index is -4.53. The highest BCUT2D eigenvalue weighted by Gasteiger charge is 2.31. The van der Waals surface area contributed by atoms with Gasteiger partial charge in [-0.25, -0.2) is 4.68 Å². The largest absolute Gasteiger partial charge is 0.416 e. The van der Waals surface area contributed by atoms with Gasteiger partial charge < -0.3 is 11.2 Å². The summed E-state index contributed by atoms with van der Waals surface area (Å²) >= 11 is 6.87. The molecule has 1 atom stereocenters. The average molecular weight is 380 g/mol. The molecule has 0 radical (unpaired) electrons. The van der Waals surface area contributed by atoms with Gasteiger partial charge in [-0.05, 0) is 32.0 Å². The summed E-state index contributed by atoms with van der Waals surface area (Å²) in [6.07, 6.45) is -4.53. The summed E-state index contributed by atoms with van der Waals surface area (Å²) in [5.41, 5.74) is -1.02. The van der Waals surface area contributed by atoms with Crippen molar-refractivity contribution in [2.24, 2.45) is 0 Å². The van der Waals surface area contributed by atoms with E-state index < -0.39 is 22.9 Å². The van der Waals surface area contributed by atoms with Crippen LogP contribution in [0.3, 0.4) is 0 Å². The summed E-state index contributed by atoms with van der Waals surface area (Å²) in [5, 5.41) is 9.58. The summed E-state index contributed by atoms with van der Waals surface area (Å²) < 4.78 is 39.4. The molecule has 6 nitrogen and oxygen atoms in total. The number of amides is 1. The number of alkyl halides is 3. The third-order valence-corrected chi connectivity index (χ3v) is 4.42. The van der Waals surface area contributed by atoms with E-state index in [0.29, 0.717) is 11.0 Å². The van der Waals surface area contributed by atoms with Gasteiger partial charge in [-0.1, -0.05) is 23.4 Å². The highest BCUT2D eigenvalue weighted by Crippen LogP contribution is 2.34. The van der Waals surface area contributed by atoms with Gasteiger partial charge in [-0.2, -0.15) is 13.2 Å². The fourth-order valence-corrected chi connectivity index (χ4v) is 2.65. The third kappa shape index (κ3) is 4.12. The summed E-state index contributed by atoms with van der Waals surface area (Å²) in [6.45, 7) is 3.20. The summed E-state index contributed by atoms with van der Waals surface area (Å²) in [4.78, 5) is 12.2. The Bertz CT molecular complexity index is 765. The number of anilines is 1. The minimum Gasteiger partial charge on any atom is -0.336 e. The van der Waals surface area contributed by atoms with Crippen LogP contribution in [0.2, 0.25) is 5.02 Å². The Morgan fingerprint density at radius 1 is 1.42 bits per heavy atom. The van der Waals surface area contributed by atoms with E-state index in [9.17, 15) is 18.0 Å². The maximum Gasteiger partial charge on any atom is 0.416 e. The van der Waals surface area contributed by atoms with Crippen molar-refractivity contribution >= 4 is 35.0 Å². The van der Waals surface area contributed by atoms with Crippen LogP contribution in [0.1, 0.15) is 18.3 Å². The number of aromatic nitrogens is 3. The van der Waals surface area contributed by atoms with Crippen LogP contribution in [-0.4, -0.2) is 26.0 Å². The molecule has 0 aliphatic carbocycles. The molecule has 0 unspecified atom stereocenters. The van der Waals surface area contributed by atoms with Crippen molar-refractivity contribution in [2.75, 3.05) is 11.2 Å². The van der Waals surface area contributed by atoms with Crippen molar-refractivity contribution in [3.05, 3.63) is 34.6 Å². The smallest absolute Gasteiger partial charge is 0.336 e. The van der Waals surface area contributed by atoms with Crippen LogP contribution in [0.5, 0.6) is 0 Å². The second-order valence-electron chi connectivity index (χ2n) is 4.84. The molecule has 2 rings (SSSR count). The zero-order chi connectivity index (χ0) is 18.1. The lowest BCUT2D eigenvalue weighted by Crippen LogP contribution is -2.24. The van der Waals surface area contributed by atoms with Crippen LogP contribution in [0.25, 0.3) is 0 Å². The maximum absolute atomic E-state index is 12.7. The quantitative estimate of drug-likeness (QED) is 0.629. The van der Waals surface area contributed by atoms with Gasteiger partial charge in [0.15, 0.2) is 0 Å². The summed E-state index contributed by atoms with van der Waals surface area (Å²) in [5.74, 6) is 5.61. The van der Waals surface area contributed by atoms with Crippen LogP contribution >= 0.6 is 23.4 Å². The number of nitrogens with two attached hydrogens (primary N) is 1. The third-order valence-electron chi connectivity index (χ3n) is 3.04. The number of carbonyl (C=O) groups is 1. The number of hydrogen-bond donors (Lipinski definition) is 2. The molecular weight excluding hydrogens is 367 g/mol. The predicted octanol–water partition coefficient (Wildman–Crippen LogP) is 3.09. The van der Waals surface area contributed by atoms with Gasteiger partial charge in [-0.3, -0.25) is 4.79 Å². The number of thioether (sulfide) groups is 1. The normalized spacial score (nSPS) is 12.9. The fourth-order valence-electron chi connectivity index (χ4n) is 1.67. The van der Waals surface area contributed by atoms with E-state index in [1.54, 1.807) is 13.8 Å². The molecule has 1 heterocycles. The molecule has 1 amide bonds. The van der Waals surface area contributed by atoms with Crippen LogP contribution in [0, 0.1) is 6.92 Å². The maximum atomic E-state index is 12.7. The van der Waals surface area contributed by atoms with Crippen molar-refractivity contribution in [2.45, 2.75) is 30.4 Å². The standard InChI is InChI=1S/C13H13ClF3N5OS/c1-6(24-12-21-20-7(2)22(12)18)11(23)19-10-5-8(13(15,16)17)3-4-9(10)14/h3-6H,18H2,1-2H3,(H,19,23)/t6-/m1/s1. The van der Waals surface area contributed by atoms with Crippen molar-refractivity contribution < 1.29 is 18.0 Å². The number of hydrogen-bond acceptors (Lipinski definition) is 5. The first-order chi connectivity index (χ1) is 11.1. The number of halogens is 4. The Hall–Kier alpha value is -1.94. The number of nitrogen functional groups attached to an aromatic ring is 1. The molecule has 0 saturated carbocycles. The summed E-state index contributed by atoms with van der Waals surface area (Å²) in [6, 6.07) is 2.71. The number of benzene rings is 1. The van der Waals surface area contributed by atoms with Crippen molar-refractivity contribution in [3.8, 4) is 0 Å². The minimum absolute atomic E-state index is 0.00591. The monoisotopic (exact) mass is 379 g/mol. The molecule has 130 valence electrons. The lowest BCUT2D eigenvalue weighted by molar-refractivity contribution is -0.137. The molecule has 0 aliphatic heterocycles. The second-order valence-corrected chi connectivity index (χ2v) is 6.56. The molecule has 0 aliphatic rings. The highest BCUT2D eigenvalue weighted by molar-refractivity contribution is 8.00. The first-order valence-electron chi connectivity index (χ1n) is 6.61. The molecule has 1 aromatic heterocycles. The van der Waals surface area contributed by atoms with E-state index in [-0.39, 0.29) is 10.7 Å². The second kappa shape index (κ2) is 6.89. The lowest BCUT2D eigenvalue weighted by atomic mass is 10.2. The Labute approximate surface area is 144 Å². The summed E-state index contributed by atoms with van der Waals surface area (Å²) in [7, 11) is 0. The predicted molar refractivity (Wildman–Crippen MR) is 85.3 cm³/mol. The van der Waals surface area contributed by atoms with Gasteiger partial charge in [0.05, 0.1) is 21.5 Å². The number of aryl methyl sites for hydroxylation is 1. The fraction of sp³-hybridized carbons (Fsp3) is 0.308. The van der Waals surface area contributed by atoms with E-state index in [4.69, 9.17) is 17.4 Å². The van der Waals surface area contributed by atoms with E-state index in [0.717, 1.165) is 30.0 Å². The first-order valence-corrected chi connectivity index (χ1v) is 7.86. The lowest BCUT2D eigenvalue weighted by Gasteiger charge is -2.14. The zero-order valence-corrected chi connectivity index (χ0v) is 14.1. The Kier molecular flexibility index (Phi) is 5.29. The molecule has 0 spiro atoms. The number of nitrogens with zero attached hydrogens (tertiary/aromatic N) is 3. The van der Waals surface area contributed by atoms with Crippen molar-refractivity contribution in [1.29, 1.82) is 0 Å². The van der Waals surface area contributed by atoms with Gasteiger partial charge in [0.2, 0.25) is 11.1 Å². The molecule has 0 saturated heterocycles. The van der Waals surface area contributed by atoms with Crippen molar-refractivity contribution in [3.63, 3.8) is 0 Å². The van der Waals surface area contributed by atoms with Gasteiger partial charge in [0.1, 0.15) is 5.82 Å². The van der Waals surface area contributed by atoms with Crippen LogP contribution in [0.4, 0.5) is 18.9 Å². The van der Waals surface area contributed by atoms with Crippen LogP contribution < -0.4 is 11.2 Å². The number of carbonyl (C=O) groups excluding carboxylic acids is 1. The zero-order valence-electron chi connectivity index (χ0n) is 12.6. The molecule has 2 aromatic rings. The van der Waals surface area contributed by atoms with E-state index >= 15 is 0 Å². The topological polar surface area (TPSA) is 85.8 Å². The van der Waals surface area contributed by atoms with E-state index in [1.807, 2.05) is 0 Å². The Morgan fingerprint density at radius 2 is 2.08 bits per heavy atom. The Balaban J connectivity index is 2.13. The van der Waals surface area contributed by atoms with Gasteiger partial charge in [0.25, 0.3) is 0 Å². The molecule has 1 aromatic carbocycles. The first kappa shape index (κ1) is 18.4. The average Bonchev–Trinajstić information content (AvgIpc) is 2.80. The van der Waals surface area contributed by atoms with E-state index in [1.165, 1.54) is 4.68 Å². The van der Waals surface area contributed by atoms with Crippen LogP contribution in [0.15, 0.2) is 23.4 Å². The molecular formula is C13H13ClF3N5OS. The SMILES string of the molecule is Cc1nnc(S[C@H](C)C(=O)Nc2cc(C(F)(F)F)ccc2Cl)n1N.